The lowest BCUT2D eigenvalue weighted by Crippen LogP contribution is -2.09. The van der Waals surface area contributed by atoms with Gasteiger partial charge in [0.25, 0.3) is 0 Å². The van der Waals surface area contributed by atoms with Gasteiger partial charge in [-0.2, -0.15) is 0 Å². The number of carbonyl (C=O) groups is 2. The predicted molar refractivity (Wildman–Crippen MR) is 138 cm³/mol. The minimum atomic E-state index is -0.159. The van der Waals surface area contributed by atoms with Gasteiger partial charge in [0.05, 0.1) is 0 Å². The minimum absolute atomic E-state index is 0.159. The van der Waals surface area contributed by atoms with Gasteiger partial charge < -0.3 is 11.5 Å². The third-order valence-electron chi connectivity index (χ3n) is 5.05. The van der Waals surface area contributed by atoms with Crippen molar-refractivity contribution >= 4 is 11.8 Å². The highest BCUT2D eigenvalue weighted by atomic mass is 16.1. The Morgan fingerprint density at radius 3 is 0.935 bits per heavy atom. The van der Waals surface area contributed by atoms with E-state index in [1.807, 2.05) is 6.92 Å². The third kappa shape index (κ3) is 47.7. The molecule has 0 aromatic heterocycles. The van der Waals surface area contributed by atoms with Gasteiger partial charge in [0, 0.05) is 12.8 Å². The second-order valence-electron chi connectivity index (χ2n) is 8.50. The van der Waals surface area contributed by atoms with Crippen molar-refractivity contribution in [3.05, 3.63) is 12.7 Å². The smallest absolute Gasteiger partial charge is 0.217 e. The van der Waals surface area contributed by atoms with E-state index in [1.54, 1.807) is 6.08 Å². The molecular weight excluding hydrogens is 384 g/mol. The van der Waals surface area contributed by atoms with Gasteiger partial charge >= 0.3 is 0 Å². The summed E-state index contributed by atoms with van der Waals surface area (Å²) in [5, 5.41) is 0. The molecular formula is C27H56N2O2. The number of amides is 2. The fourth-order valence-electron chi connectivity index (χ4n) is 3.22. The summed E-state index contributed by atoms with van der Waals surface area (Å²) >= 11 is 0. The van der Waals surface area contributed by atoms with Crippen LogP contribution in [0.25, 0.3) is 0 Å². The Morgan fingerprint density at radius 2 is 0.742 bits per heavy atom. The normalized spacial score (nSPS) is 9.77. The Morgan fingerprint density at radius 1 is 0.548 bits per heavy atom. The third-order valence-corrected chi connectivity index (χ3v) is 5.05. The monoisotopic (exact) mass is 440 g/mol. The van der Waals surface area contributed by atoms with Crippen LogP contribution in [-0.2, 0) is 9.59 Å². The minimum Gasteiger partial charge on any atom is -0.370 e. The Bertz CT molecular complexity index is 338. The lowest BCUT2D eigenvalue weighted by Gasteiger charge is -2.00. The summed E-state index contributed by atoms with van der Waals surface area (Å²) in [5.74, 6) is -0.319. The molecule has 0 aliphatic carbocycles. The number of unbranched alkanes of at least 4 members (excludes halogenated alkanes) is 16. The van der Waals surface area contributed by atoms with Gasteiger partial charge in [-0.1, -0.05) is 123 Å². The summed E-state index contributed by atoms with van der Waals surface area (Å²) < 4.78 is 0. The molecule has 0 atom stereocenters. The van der Waals surface area contributed by atoms with E-state index in [0.717, 1.165) is 25.7 Å². The summed E-state index contributed by atoms with van der Waals surface area (Å²) in [5.41, 5.74) is 10.1. The number of nitrogens with two attached hydrogens (primary N) is 2. The van der Waals surface area contributed by atoms with Crippen molar-refractivity contribution in [3.8, 4) is 0 Å². The highest BCUT2D eigenvalue weighted by Gasteiger charge is 1.95. The summed E-state index contributed by atoms with van der Waals surface area (Å²) in [6.45, 7) is 9.73. The lowest BCUT2D eigenvalue weighted by atomic mass is 10.1. The van der Waals surface area contributed by atoms with Crippen molar-refractivity contribution in [2.75, 3.05) is 0 Å². The maximum atomic E-state index is 10.4. The largest absolute Gasteiger partial charge is 0.370 e. The molecule has 0 aromatic rings. The molecule has 0 aromatic carbocycles. The Kier molecular flexibility index (Phi) is 36.9. The van der Waals surface area contributed by atoms with Crippen LogP contribution in [0.4, 0.5) is 0 Å². The molecule has 4 nitrogen and oxygen atoms in total. The van der Waals surface area contributed by atoms with Crippen LogP contribution >= 0.6 is 0 Å². The number of hydrogen-bond acceptors (Lipinski definition) is 2. The zero-order chi connectivity index (χ0) is 24.0. The molecule has 0 unspecified atom stereocenters. The van der Waals surface area contributed by atoms with Gasteiger partial charge in [-0.25, -0.2) is 0 Å². The van der Waals surface area contributed by atoms with Crippen LogP contribution in [0.2, 0.25) is 0 Å². The Balaban J connectivity index is -0.000000448. The zero-order valence-corrected chi connectivity index (χ0v) is 21.4. The van der Waals surface area contributed by atoms with Gasteiger partial charge in [0.1, 0.15) is 0 Å². The number of allylic oxidation sites excluding steroid dienone is 1. The first-order valence-electron chi connectivity index (χ1n) is 13.1. The predicted octanol–water partition coefficient (Wildman–Crippen LogP) is 7.98. The fourth-order valence-corrected chi connectivity index (χ4v) is 3.22. The molecule has 0 bridgehead atoms. The first-order valence-corrected chi connectivity index (χ1v) is 13.1. The topological polar surface area (TPSA) is 86.2 Å². The van der Waals surface area contributed by atoms with Crippen LogP contribution in [0.3, 0.4) is 0 Å². The van der Waals surface area contributed by atoms with Gasteiger partial charge in [0.2, 0.25) is 11.8 Å². The van der Waals surface area contributed by atoms with E-state index in [-0.39, 0.29) is 11.8 Å². The summed E-state index contributed by atoms with van der Waals surface area (Å²) in [7, 11) is 0. The van der Waals surface area contributed by atoms with E-state index in [4.69, 9.17) is 11.5 Å². The lowest BCUT2D eigenvalue weighted by molar-refractivity contribution is -0.119. The SMILES string of the molecule is C=CC.CCCCCCCCCCCC(N)=O.CCCCCCCCCCCC(N)=O. The first-order chi connectivity index (χ1) is 15.0. The van der Waals surface area contributed by atoms with Crippen molar-refractivity contribution < 1.29 is 9.59 Å². The molecule has 31 heavy (non-hydrogen) atoms. The molecule has 2 amide bonds. The van der Waals surface area contributed by atoms with E-state index in [1.165, 1.54) is 89.9 Å². The summed E-state index contributed by atoms with van der Waals surface area (Å²) in [6.07, 6.45) is 26.0. The van der Waals surface area contributed by atoms with E-state index in [9.17, 15) is 9.59 Å². The van der Waals surface area contributed by atoms with Crippen LogP contribution in [0, 0.1) is 0 Å². The number of hydrogen-bond donors (Lipinski definition) is 2. The molecule has 0 radical (unpaired) electrons. The molecule has 0 aliphatic rings. The fraction of sp³-hybridized carbons (Fsp3) is 0.852. The van der Waals surface area contributed by atoms with Crippen molar-refractivity contribution in [1.29, 1.82) is 0 Å². The van der Waals surface area contributed by atoms with Crippen LogP contribution in [0.1, 0.15) is 149 Å². The molecule has 4 heteroatoms. The second-order valence-corrected chi connectivity index (χ2v) is 8.50. The van der Waals surface area contributed by atoms with E-state index < -0.39 is 0 Å². The quantitative estimate of drug-likeness (QED) is 0.148. The van der Waals surface area contributed by atoms with Gasteiger partial charge in [-0.05, 0) is 19.8 Å². The highest BCUT2D eigenvalue weighted by Crippen LogP contribution is 2.11. The summed E-state index contributed by atoms with van der Waals surface area (Å²) in [6, 6.07) is 0. The van der Waals surface area contributed by atoms with Crippen LogP contribution < -0.4 is 11.5 Å². The van der Waals surface area contributed by atoms with Gasteiger partial charge in [-0.15, -0.1) is 6.58 Å². The molecule has 0 fully saturated rings. The van der Waals surface area contributed by atoms with Crippen molar-refractivity contribution in [3.63, 3.8) is 0 Å². The molecule has 0 saturated carbocycles. The van der Waals surface area contributed by atoms with E-state index >= 15 is 0 Å². The summed E-state index contributed by atoms with van der Waals surface area (Å²) in [4.78, 5) is 20.9. The van der Waals surface area contributed by atoms with Crippen LogP contribution in [0.5, 0.6) is 0 Å². The standard InChI is InChI=1S/2C12H25NO.C3H6/c2*1-2-3-4-5-6-7-8-9-10-11-12(13)14;1-3-2/h2*2-11H2,1H3,(H2,13,14);3H,1H2,2H3. The molecule has 0 aliphatic heterocycles. The number of rotatable bonds is 20. The van der Waals surface area contributed by atoms with Crippen molar-refractivity contribution in [2.24, 2.45) is 11.5 Å². The maximum Gasteiger partial charge on any atom is 0.217 e. The van der Waals surface area contributed by atoms with Crippen LogP contribution in [0.15, 0.2) is 12.7 Å². The maximum absolute atomic E-state index is 10.4. The molecule has 4 N–H and O–H groups in total. The van der Waals surface area contributed by atoms with E-state index in [0.29, 0.717) is 12.8 Å². The number of carbonyl (C=O) groups excluding carboxylic acids is 2. The van der Waals surface area contributed by atoms with E-state index in [2.05, 4.69) is 20.4 Å². The van der Waals surface area contributed by atoms with Crippen molar-refractivity contribution in [2.45, 2.75) is 149 Å². The second kappa shape index (κ2) is 33.3. The highest BCUT2D eigenvalue weighted by molar-refractivity contribution is 5.73. The average Bonchev–Trinajstić information content (AvgIpc) is 2.72. The van der Waals surface area contributed by atoms with Crippen LogP contribution in [-0.4, -0.2) is 11.8 Å². The Hall–Kier alpha value is -1.32. The first kappa shape index (κ1) is 34.3. The molecule has 0 heterocycles. The molecule has 186 valence electrons. The molecule has 0 spiro atoms. The number of primary amides is 2. The van der Waals surface area contributed by atoms with Crippen molar-refractivity contribution in [1.82, 2.24) is 0 Å². The zero-order valence-electron chi connectivity index (χ0n) is 21.4. The van der Waals surface area contributed by atoms with Gasteiger partial charge in [-0.3, -0.25) is 9.59 Å². The average molecular weight is 441 g/mol. The molecule has 0 saturated heterocycles. The Labute approximate surface area is 195 Å². The van der Waals surface area contributed by atoms with Gasteiger partial charge in [0.15, 0.2) is 0 Å². The molecule has 0 rings (SSSR count).